The van der Waals surface area contributed by atoms with Gasteiger partial charge in [0.1, 0.15) is 11.6 Å². The highest BCUT2D eigenvalue weighted by molar-refractivity contribution is 7.92. The van der Waals surface area contributed by atoms with E-state index in [2.05, 4.69) is 10.6 Å². The fourth-order valence-corrected chi connectivity index (χ4v) is 4.17. The number of benzene rings is 2. The first-order valence-electron chi connectivity index (χ1n) is 8.22. The number of carbonyl (C=O) groups is 2. The van der Waals surface area contributed by atoms with Gasteiger partial charge in [-0.1, -0.05) is 11.6 Å². The fourth-order valence-electron chi connectivity index (χ4n) is 2.63. The monoisotopic (exact) mass is 426 g/mol. The molecule has 1 heterocycles. The third-order valence-electron chi connectivity index (χ3n) is 4.12. The van der Waals surface area contributed by atoms with Crippen LogP contribution in [0.25, 0.3) is 0 Å². The first kappa shape index (κ1) is 20.1. The summed E-state index contributed by atoms with van der Waals surface area (Å²) in [5, 5.41) is 3.96. The number of hydrogen-bond acceptors (Lipinski definition) is 5. The molecule has 0 fully saturated rings. The quantitative estimate of drug-likeness (QED) is 0.765. The van der Waals surface area contributed by atoms with Crippen molar-refractivity contribution in [3.8, 4) is 5.75 Å². The maximum absolute atomic E-state index is 13.8. The van der Waals surface area contributed by atoms with E-state index in [1.165, 1.54) is 37.3 Å². The summed E-state index contributed by atoms with van der Waals surface area (Å²) < 4.78 is 44.5. The normalized spacial score (nSPS) is 14.5. The Morgan fingerprint density at radius 1 is 1.32 bits per heavy atom. The SMILES string of the molecule is CC(CC(=O)Nc1ccc(Cl)cc1F)S(=O)(=O)c1ccc2c(c1)NC(=O)CO2. The minimum Gasteiger partial charge on any atom is -0.482 e. The standard InChI is InChI=1S/C18H16ClFN2O5S/c1-10(6-17(23)21-14-4-2-11(19)7-13(14)20)28(25,26)12-3-5-16-15(8-12)22-18(24)9-27-16/h2-5,7-8,10H,6,9H2,1H3,(H,21,23)(H,22,24). The van der Waals surface area contributed by atoms with Crippen molar-refractivity contribution in [2.45, 2.75) is 23.5 Å². The van der Waals surface area contributed by atoms with Crippen molar-refractivity contribution in [3.63, 3.8) is 0 Å². The van der Waals surface area contributed by atoms with Crippen LogP contribution in [0.2, 0.25) is 5.02 Å². The molecule has 0 spiro atoms. The smallest absolute Gasteiger partial charge is 0.262 e. The fraction of sp³-hybridized carbons (Fsp3) is 0.222. The van der Waals surface area contributed by atoms with Crippen molar-refractivity contribution < 1.29 is 27.1 Å². The molecule has 0 saturated heterocycles. The number of fused-ring (bicyclic) bond motifs is 1. The van der Waals surface area contributed by atoms with Gasteiger partial charge in [0.05, 0.1) is 21.5 Å². The maximum Gasteiger partial charge on any atom is 0.262 e. The predicted molar refractivity (Wildman–Crippen MR) is 102 cm³/mol. The van der Waals surface area contributed by atoms with Crippen LogP contribution in [0.3, 0.4) is 0 Å². The van der Waals surface area contributed by atoms with Crippen LogP contribution in [0.5, 0.6) is 5.75 Å². The van der Waals surface area contributed by atoms with Crippen LogP contribution in [0.1, 0.15) is 13.3 Å². The lowest BCUT2D eigenvalue weighted by molar-refractivity contribution is -0.118. The summed E-state index contributed by atoms with van der Waals surface area (Å²) in [4.78, 5) is 23.5. The van der Waals surface area contributed by atoms with E-state index in [9.17, 15) is 22.4 Å². The minimum atomic E-state index is -3.88. The van der Waals surface area contributed by atoms with Crippen molar-refractivity contribution in [2.75, 3.05) is 17.2 Å². The van der Waals surface area contributed by atoms with Gasteiger partial charge in [-0.05, 0) is 43.3 Å². The van der Waals surface area contributed by atoms with E-state index in [1.54, 1.807) is 0 Å². The third kappa shape index (κ3) is 4.26. The summed E-state index contributed by atoms with van der Waals surface area (Å²) >= 11 is 5.66. The summed E-state index contributed by atoms with van der Waals surface area (Å²) in [5.74, 6) is -1.41. The van der Waals surface area contributed by atoms with Gasteiger partial charge in [-0.3, -0.25) is 9.59 Å². The highest BCUT2D eigenvalue weighted by Crippen LogP contribution is 2.31. The molecular weight excluding hydrogens is 411 g/mol. The van der Waals surface area contributed by atoms with Crippen LogP contribution >= 0.6 is 11.6 Å². The Balaban J connectivity index is 1.74. The van der Waals surface area contributed by atoms with Crippen molar-refractivity contribution >= 4 is 44.6 Å². The van der Waals surface area contributed by atoms with Gasteiger partial charge in [0.15, 0.2) is 16.4 Å². The summed E-state index contributed by atoms with van der Waals surface area (Å²) in [6.07, 6.45) is -0.385. The number of amides is 2. The average molecular weight is 427 g/mol. The molecule has 7 nitrogen and oxygen atoms in total. The Labute approximate surface area is 165 Å². The number of rotatable bonds is 5. The molecule has 0 bridgehead atoms. The van der Waals surface area contributed by atoms with E-state index in [-0.39, 0.29) is 40.2 Å². The Hall–Kier alpha value is -2.65. The van der Waals surface area contributed by atoms with E-state index >= 15 is 0 Å². The second-order valence-electron chi connectivity index (χ2n) is 6.23. The topological polar surface area (TPSA) is 102 Å². The van der Waals surface area contributed by atoms with Crippen LogP contribution in [-0.4, -0.2) is 32.1 Å². The number of carbonyl (C=O) groups excluding carboxylic acids is 2. The van der Waals surface area contributed by atoms with Gasteiger partial charge < -0.3 is 15.4 Å². The summed E-state index contributed by atoms with van der Waals surface area (Å²) in [5.41, 5.74) is 0.157. The van der Waals surface area contributed by atoms with Crippen molar-refractivity contribution in [1.82, 2.24) is 0 Å². The molecule has 2 aromatic rings. The molecule has 148 valence electrons. The van der Waals surface area contributed by atoms with Gasteiger partial charge in [0, 0.05) is 11.4 Å². The summed E-state index contributed by atoms with van der Waals surface area (Å²) in [6, 6.07) is 7.82. The maximum atomic E-state index is 13.8. The van der Waals surface area contributed by atoms with E-state index in [0.29, 0.717) is 5.75 Å². The van der Waals surface area contributed by atoms with E-state index in [1.807, 2.05) is 0 Å². The van der Waals surface area contributed by atoms with Crippen LogP contribution in [0.15, 0.2) is 41.3 Å². The molecule has 2 amide bonds. The second-order valence-corrected chi connectivity index (χ2v) is 9.03. The van der Waals surface area contributed by atoms with Gasteiger partial charge in [-0.25, -0.2) is 12.8 Å². The zero-order valence-corrected chi connectivity index (χ0v) is 16.2. The molecule has 0 aromatic heterocycles. The molecule has 10 heteroatoms. The second kappa shape index (κ2) is 7.76. The Morgan fingerprint density at radius 3 is 2.79 bits per heavy atom. The molecule has 1 aliphatic heterocycles. The molecule has 2 N–H and O–H groups in total. The molecule has 2 aromatic carbocycles. The van der Waals surface area contributed by atoms with Crippen molar-refractivity contribution in [2.24, 2.45) is 0 Å². The number of sulfone groups is 1. The minimum absolute atomic E-state index is 0.0602. The molecule has 0 radical (unpaired) electrons. The summed E-state index contributed by atoms with van der Waals surface area (Å²) in [6.45, 7) is 1.23. The third-order valence-corrected chi connectivity index (χ3v) is 6.49. The molecule has 1 atom stereocenters. The zero-order valence-electron chi connectivity index (χ0n) is 14.7. The number of hydrogen-bond donors (Lipinski definition) is 2. The molecule has 1 aliphatic rings. The highest BCUT2D eigenvalue weighted by Gasteiger charge is 2.28. The first-order valence-corrected chi connectivity index (χ1v) is 10.1. The first-order chi connectivity index (χ1) is 13.2. The van der Waals surface area contributed by atoms with E-state index in [0.717, 1.165) is 6.07 Å². The Kier molecular flexibility index (Phi) is 5.57. The van der Waals surface area contributed by atoms with Gasteiger partial charge in [0.2, 0.25) is 5.91 Å². The molecule has 1 unspecified atom stereocenters. The average Bonchev–Trinajstić information content (AvgIpc) is 2.63. The van der Waals surface area contributed by atoms with Crippen LogP contribution in [-0.2, 0) is 19.4 Å². The lowest BCUT2D eigenvalue weighted by Crippen LogP contribution is -2.27. The Bertz CT molecular complexity index is 1060. The van der Waals surface area contributed by atoms with Gasteiger partial charge in [-0.2, -0.15) is 0 Å². The number of ether oxygens (including phenoxy) is 1. The lowest BCUT2D eigenvalue weighted by Gasteiger charge is -2.19. The number of nitrogens with one attached hydrogen (secondary N) is 2. The molecule has 3 rings (SSSR count). The van der Waals surface area contributed by atoms with Crippen LogP contribution in [0, 0.1) is 5.82 Å². The molecule has 28 heavy (non-hydrogen) atoms. The lowest BCUT2D eigenvalue weighted by atomic mass is 10.2. The molecule has 0 aliphatic carbocycles. The van der Waals surface area contributed by atoms with Gasteiger partial charge in [0.25, 0.3) is 5.91 Å². The van der Waals surface area contributed by atoms with E-state index in [4.69, 9.17) is 16.3 Å². The largest absolute Gasteiger partial charge is 0.482 e. The van der Waals surface area contributed by atoms with Gasteiger partial charge in [-0.15, -0.1) is 0 Å². The van der Waals surface area contributed by atoms with Gasteiger partial charge >= 0.3 is 0 Å². The number of halogens is 2. The molecule has 0 saturated carbocycles. The summed E-state index contributed by atoms with van der Waals surface area (Å²) in [7, 11) is -3.88. The number of anilines is 2. The Morgan fingerprint density at radius 2 is 2.07 bits per heavy atom. The highest BCUT2D eigenvalue weighted by atomic mass is 35.5. The van der Waals surface area contributed by atoms with Crippen LogP contribution in [0.4, 0.5) is 15.8 Å². The van der Waals surface area contributed by atoms with E-state index < -0.39 is 26.8 Å². The zero-order chi connectivity index (χ0) is 20.5. The van der Waals surface area contributed by atoms with Crippen LogP contribution < -0.4 is 15.4 Å². The predicted octanol–water partition coefficient (Wildman–Crippen LogP) is 3.00. The van der Waals surface area contributed by atoms with Crippen molar-refractivity contribution in [1.29, 1.82) is 0 Å². The van der Waals surface area contributed by atoms with Crippen molar-refractivity contribution in [3.05, 3.63) is 47.2 Å². The molecular formula is C18H16ClFN2O5S.